The Morgan fingerprint density at radius 2 is 1.85 bits per heavy atom. The van der Waals surface area contributed by atoms with Crippen molar-refractivity contribution in [3.63, 3.8) is 0 Å². The molecule has 0 saturated carbocycles. The van der Waals surface area contributed by atoms with Gasteiger partial charge in [-0.2, -0.15) is 0 Å². The molecule has 0 fully saturated rings. The van der Waals surface area contributed by atoms with Crippen LogP contribution in [0.4, 0.5) is 5.69 Å². The third-order valence-electron chi connectivity index (χ3n) is 3.18. The molecule has 0 bridgehead atoms. The van der Waals surface area contributed by atoms with Gasteiger partial charge in [-0.15, -0.1) is 0 Å². The van der Waals surface area contributed by atoms with Crippen LogP contribution in [0, 0.1) is 6.92 Å². The zero-order valence-corrected chi connectivity index (χ0v) is 11.5. The number of benzene rings is 2. The lowest BCUT2D eigenvalue weighted by molar-refractivity contribution is 0.0692. The van der Waals surface area contributed by atoms with E-state index < -0.39 is 5.97 Å². The molecule has 5 heteroatoms. The first-order valence-electron chi connectivity index (χ1n) is 6.03. The van der Waals surface area contributed by atoms with Crippen LogP contribution in [0.2, 0.25) is 0 Å². The van der Waals surface area contributed by atoms with E-state index in [1.54, 1.807) is 12.1 Å². The zero-order chi connectivity index (χ0) is 14.3. The number of aryl methyl sites for hydroxylation is 1. The molecule has 2 N–H and O–H groups in total. The summed E-state index contributed by atoms with van der Waals surface area (Å²) >= 11 is 1.41. The Bertz CT molecular complexity index is 740. The fraction of sp³-hybridized carbons (Fsp3) is 0.0667. The monoisotopic (exact) mass is 285 g/mol. The van der Waals surface area contributed by atoms with Crippen molar-refractivity contribution in [1.29, 1.82) is 0 Å². The molecule has 1 heterocycles. The Hall–Kier alpha value is -2.27. The van der Waals surface area contributed by atoms with E-state index in [9.17, 15) is 14.7 Å². The molecule has 3 rings (SSSR count). The van der Waals surface area contributed by atoms with Gasteiger partial charge in [-0.05, 0) is 30.7 Å². The first-order valence-corrected chi connectivity index (χ1v) is 6.84. The number of para-hydroxylation sites is 1. The van der Waals surface area contributed by atoms with Crippen LogP contribution in [0.15, 0.2) is 46.2 Å². The molecular weight excluding hydrogens is 274 g/mol. The molecule has 1 amide bonds. The van der Waals surface area contributed by atoms with Crippen molar-refractivity contribution >= 4 is 29.3 Å². The second kappa shape index (κ2) is 4.68. The summed E-state index contributed by atoms with van der Waals surface area (Å²) in [4.78, 5) is 25.2. The topological polar surface area (TPSA) is 66.4 Å². The highest BCUT2D eigenvalue weighted by atomic mass is 32.2. The van der Waals surface area contributed by atoms with Crippen molar-refractivity contribution in [1.82, 2.24) is 0 Å². The molecule has 100 valence electrons. The van der Waals surface area contributed by atoms with E-state index in [4.69, 9.17) is 0 Å². The van der Waals surface area contributed by atoms with Gasteiger partial charge in [0.25, 0.3) is 5.91 Å². The summed E-state index contributed by atoms with van der Waals surface area (Å²) in [6.07, 6.45) is 0. The van der Waals surface area contributed by atoms with E-state index in [0.29, 0.717) is 4.90 Å². The van der Waals surface area contributed by atoms with Gasteiger partial charge in [0.05, 0.1) is 16.8 Å². The Balaban J connectivity index is 2.23. The summed E-state index contributed by atoms with van der Waals surface area (Å²) < 4.78 is 0. The van der Waals surface area contributed by atoms with Crippen molar-refractivity contribution in [2.45, 2.75) is 16.7 Å². The smallest absolute Gasteiger partial charge is 0.336 e. The normalized spacial score (nSPS) is 12.9. The number of fused-ring (bicyclic) bond motifs is 2. The molecule has 0 atom stereocenters. The van der Waals surface area contributed by atoms with Crippen molar-refractivity contribution < 1.29 is 14.7 Å². The Kier molecular flexibility index (Phi) is 2.99. The molecular formula is C15H11NO3S. The van der Waals surface area contributed by atoms with Gasteiger partial charge in [0.2, 0.25) is 0 Å². The van der Waals surface area contributed by atoms with Gasteiger partial charge < -0.3 is 10.4 Å². The summed E-state index contributed by atoms with van der Waals surface area (Å²) in [5, 5.41) is 12.1. The number of nitrogens with one attached hydrogen (secondary N) is 1. The summed E-state index contributed by atoms with van der Waals surface area (Å²) in [5.41, 5.74) is 1.95. The van der Waals surface area contributed by atoms with E-state index in [2.05, 4.69) is 5.32 Å². The predicted octanol–water partition coefficient (Wildman–Crippen LogP) is 3.41. The Morgan fingerprint density at radius 1 is 1.15 bits per heavy atom. The molecule has 4 nitrogen and oxygen atoms in total. The maximum Gasteiger partial charge on any atom is 0.336 e. The number of hydrogen-bond acceptors (Lipinski definition) is 3. The molecule has 0 unspecified atom stereocenters. The van der Waals surface area contributed by atoms with Crippen molar-refractivity contribution in [2.75, 3.05) is 5.32 Å². The maximum absolute atomic E-state index is 12.4. The number of carbonyl (C=O) groups is 2. The summed E-state index contributed by atoms with van der Waals surface area (Å²) in [6, 6.07) is 10.6. The maximum atomic E-state index is 12.4. The number of aromatic carboxylic acids is 1. The fourth-order valence-corrected chi connectivity index (χ4v) is 3.36. The molecule has 0 radical (unpaired) electrons. The number of carbonyl (C=O) groups excluding carboxylic acids is 1. The average molecular weight is 285 g/mol. The van der Waals surface area contributed by atoms with Gasteiger partial charge in [-0.25, -0.2) is 4.79 Å². The quantitative estimate of drug-likeness (QED) is 0.842. The second-order valence-electron chi connectivity index (χ2n) is 4.49. The molecule has 1 aliphatic heterocycles. The minimum Gasteiger partial charge on any atom is -0.478 e. The van der Waals surface area contributed by atoms with Gasteiger partial charge in [-0.3, -0.25) is 4.79 Å². The van der Waals surface area contributed by atoms with Gasteiger partial charge in [0, 0.05) is 9.79 Å². The van der Waals surface area contributed by atoms with E-state index >= 15 is 0 Å². The molecule has 0 saturated heterocycles. The molecule has 0 spiro atoms. The number of hydrogen-bond donors (Lipinski definition) is 2. The van der Waals surface area contributed by atoms with Crippen molar-refractivity contribution in [3.8, 4) is 0 Å². The molecule has 0 aromatic heterocycles. The van der Waals surface area contributed by atoms with Crippen LogP contribution in [-0.4, -0.2) is 17.0 Å². The number of carboxylic acids is 1. The van der Waals surface area contributed by atoms with Crippen LogP contribution in [0.25, 0.3) is 0 Å². The van der Waals surface area contributed by atoms with Crippen LogP contribution in [-0.2, 0) is 0 Å². The SMILES string of the molecule is Cc1cccc2c1NC(=O)c1c(cccc1C(=O)O)S2. The minimum atomic E-state index is -1.10. The Morgan fingerprint density at radius 3 is 2.60 bits per heavy atom. The summed E-state index contributed by atoms with van der Waals surface area (Å²) in [5.74, 6) is -1.47. The van der Waals surface area contributed by atoms with Crippen LogP contribution in [0.3, 0.4) is 0 Å². The van der Waals surface area contributed by atoms with Gasteiger partial charge in [-0.1, -0.05) is 30.0 Å². The fourth-order valence-electron chi connectivity index (χ4n) is 2.21. The third-order valence-corrected chi connectivity index (χ3v) is 4.30. The van der Waals surface area contributed by atoms with Crippen LogP contribution in [0.1, 0.15) is 26.3 Å². The van der Waals surface area contributed by atoms with Crippen LogP contribution >= 0.6 is 11.8 Å². The first kappa shape index (κ1) is 12.7. The summed E-state index contributed by atoms with van der Waals surface area (Å²) in [6.45, 7) is 1.91. The molecule has 20 heavy (non-hydrogen) atoms. The lowest BCUT2D eigenvalue weighted by atomic mass is 10.1. The zero-order valence-electron chi connectivity index (χ0n) is 10.6. The van der Waals surface area contributed by atoms with Crippen LogP contribution < -0.4 is 5.32 Å². The minimum absolute atomic E-state index is 0.0259. The van der Waals surface area contributed by atoms with E-state index in [-0.39, 0.29) is 17.0 Å². The molecule has 1 aliphatic rings. The van der Waals surface area contributed by atoms with Crippen molar-refractivity contribution in [3.05, 3.63) is 53.1 Å². The lowest BCUT2D eigenvalue weighted by Crippen LogP contribution is -2.16. The first-order chi connectivity index (χ1) is 9.58. The van der Waals surface area contributed by atoms with E-state index in [1.807, 2.05) is 25.1 Å². The number of carboxylic acid groups (broad SMARTS) is 1. The number of rotatable bonds is 1. The number of anilines is 1. The van der Waals surface area contributed by atoms with E-state index in [0.717, 1.165) is 16.1 Å². The highest BCUT2D eigenvalue weighted by Gasteiger charge is 2.25. The average Bonchev–Trinajstić information content (AvgIpc) is 2.56. The van der Waals surface area contributed by atoms with Gasteiger partial charge in [0.15, 0.2) is 0 Å². The van der Waals surface area contributed by atoms with Crippen molar-refractivity contribution in [2.24, 2.45) is 0 Å². The van der Waals surface area contributed by atoms with Crippen LogP contribution in [0.5, 0.6) is 0 Å². The third kappa shape index (κ3) is 1.96. The Labute approximate surface area is 119 Å². The van der Waals surface area contributed by atoms with Gasteiger partial charge in [0.1, 0.15) is 0 Å². The molecule has 0 aliphatic carbocycles. The summed E-state index contributed by atoms with van der Waals surface area (Å²) in [7, 11) is 0. The molecule has 2 aromatic rings. The highest BCUT2D eigenvalue weighted by molar-refractivity contribution is 7.99. The predicted molar refractivity (Wildman–Crippen MR) is 76.7 cm³/mol. The second-order valence-corrected chi connectivity index (χ2v) is 5.57. The highest BCUT2D eigenvalue weighted by Crippen LogP contribution is 2.40. The number of amides is 1. The lowest BCUT2D eigenvalue weighted by Gasteiger charge is -2.08. The van der Waals surface area contributed by atoms with Gasteiger partial charge >= 0.3 is 5.97 Å². The molecule has 2 aromatic carbocycles. The standard InChI is InChI=1S/C15H11NO3S/c1-8-4-2-7-11-13(8)16-14(17)12-9(15(18)19)5-3-6-10(12)20-11/h2-7H,1H3,(H,16,17)(H,18,19). The van der Waals surface area contributed by atoms with E-state index in [1.165, 1.54) is 17.8 Å². The largest absolute Gasteiger partial charge is 0.478 e.